The number of ether oxygens (including phenoxy) is 1. The standard InChI is InChI=1S/C13H13Cl2N3OS/c1-7-8(2)20-13(17-7)18-16-6-9-4-10(14)12(19-3)11(15)5-9/h4-6H,1-3H3,(H,17,18)/b16-6-. The molecule has 0 amide bonds. The molecule has 0 atom stereocenters. The predicted molar refractivity (Wildman–Crippen MR) is 85.8 cm³/mol. The molecule has 0 bridgehead atoms. The summed E-state index contributed by atoms with van der Waals surface area (Å²) in [5, 5.41) is 5.76. The lowest BCUT2D eigenvalue weighted by atomic mass is 10.2. The molecule has 2 aromatic rings. The van der Waals surface area contributed by atoms with Gasteiger partial charge in [0.25, 0.3) is 0 Å². The highest BCUT2D eigenvalue weighted by Crippen LogP contribution is 2.33. The van der Waals surface area contributed by atoms with Crippen LogP contribution in [0, 0.1) is 13.8 Å². The number of hydrogen-bond donors (Lipinski definition) is 1. The third-order valence-corrected chi connectivity index (χ3v) is 4.17. The first-order valence-electron chi connectivity index (χ1n) is 5.77. The van der Waals surface area contributed by atoms with Crippen molar-refractivity contribution in [2.24, 2.45) is 5.10 Å². The lowest BCUT2D eigenvalue weighted by Gasteiger charge is -2.06. The van der Waals surface area contributed by atoms with Crippen molar-refractivity contribution in [1.82, 2.24) is 4.98 Å². The second-order valence-corrected chi connectivity index (χ2v) is 6.07. The molecular weight excluding hydrogens is 317 g/mol. The number of nitrogens with one attached hydrogen (secondary N) is 1. The van der Waals surface area contributed by atoms with Crippen LogP contribution in [0.1, 0.15) is 16.1 Å². The summed E-state index contributed by atoms with van der Waals surface area (Å²) in [5.74, 6) is 0.463. The monoisotopic (exact) mass is 329 g/mol. The van der Waals surface area contributed by atoms with Gasteiger partial charge in [0.15, 0.2) is 5.75 Å². The van der Waals surface area contributed by atoms with Crippen LogP contribution in [0.3, 0.4) is 0 Å². The molecule has 0 saturated carbocycles. The van der Waals surface area contributed by atoms with Crippen molar-refractivity contribution in [1.29, 1.82) is 0 Å². The Hall–Kier alpha value is -1.30. The average Bonchev–Trinajstić information content (AvgIpc) is 2.68. The molecule has 1 heterocycles. The van der Waals surface area contributed by atoms with Crippen molar-refractivity contribution in [2.75, 3.05) is 12.5 Å². The van der Waals surface area contributed by atoms with Gasteiger partial charge in [-0.2, -0.15) is 5.10 Å². The Balaban J connectivity index is 2.12. The Labute approximate surface area is 131 Å². The Morgan fingerprint density at radius 2 is 1.95 bits per heavy atom. The van der Waals surface area contributed by atoms with Crippen molar-refractivity contribution in [3.63, 3.8) is 0 Å². The minimum atomic E-state index is 0.447. The van der Waals surface area contributed by atoms with Gasteiger partial charge in [-0.05, 0) is 31.5 Å². The third-order valence-electron chi connectivity index (χ3n) is 2.63. The van der Waals surface area contributed by atoms with Crippen LogP contribution in [0.2, 0.25) is 10.0 Å². The quantitative estimate of drug-likeness (QED) is 0.662. The van der Waals surface area contributed by atoms with Gasteiger partial charge in [0.05, 0.1) is 29.1 Å². The molecule has 0 aliphatic rings. The van der Waals surface area contributed by atoms with Gasteiger partial charge < -0.3 is 4.74 Å². The van der Waals surface area contributed by atoms with Gasteiger partial charge in [0, 0.05) is 4.88 Å². The normalized spacial score (nSPS) is 11.1. The minimum absolute atomic E-state index is 0.447. The van der Waals surface area contributed by atoms with Crippen molar-refractivity contribution in [3.05, 3.63) is 38.3 Å². The van der Waals surface area contributed by atoms with Gasteiger partial charge in [0.2, 0.25) is 5.13 Å². The minimum Gasteiger partial charge on any atom is -0.494 e. The number of anilines is 1. The average molecular weight is 330 g/mol. The molecule has 0 aliphatic heterocycles. The maximum atomic E-state index is 6.05. The zero-order valence-electron chi connectivity index (χ0n) is 11.2. The van der Waals surface area contributed by atoms with E-state index in [4.69, 9.17) is 27.9 Å². The van der Waals surface area contributed by atoms with Crippen LogP contribution in [0.4, 0.5) is 5.13 Å². The van der Waals surface area contributed by atoms with E-state index in [-0.39, 0.29) is 0 Å². The van der Waals surface area contributed by atoms with E-state index in [0.717, 1.165) is 16.4 Å². The smallest absolute Gasteiger partial charge is 0.203 e. The molecule has 0 spiro atoms. The highest BCUT2D eigenvalue weighted by molar-refractivity contribution is 7.15. The molecule has 4 nitrogen and oxygen atoms in total. The number of hydrazone groups is 1. The molecule has 0 unspecified atom stereocenters. The first-order chi connectivity index (χ1) is 9.51. The second-order valence-electron chi connectivity index (χ2n) is 4.05. The number of aromatic nitrogens is 1. The number of thiazole rings is 1. The largest absolute Gasteiger partial charge is 0.494 e. The molecule has 106 valence electrons. The summed E-state index contributed by atoms with van der Waals surface area (Å²) < 4.78 is 5.09. The molecule has 7 heteroatoms. The van der Waals surface area contributed by atoms with Crippen molar-refractivity contribution < 1.29 is 4.74 Å². The van der Waals surface area contributed by atoms with Crippen molar-refractivity contribution >= 4 is 45.9 Å². The highest BCUT2D eigenvalue weighted by Gasteiger charge is 2.07. The van der Waals surface area contributed by atoms with Gasteiger partial charge in [-0.15, -0.1) is 11.3 Å². The number of methoxy groups -OCH3 is 1. The zero-order valence-corrected chi connectivity index (χ0v) is 13.5. The van der Waals surface area contributed by atoms with Gasteiger partial charge in [0.1, 0.15) is 0 Å². The predicted octanol–water partition coefficient (Wildman–Crippen LogP) is 4.52. The Kier molecular flexibility index (Phi) is 4.86. The molecule has 20 heavy (non-hydrogen) atoms. The Morgan fingerprint density at radius 1 is 1.30 bits per heavy atom. The fraction of sp³-hybridized carbons (Fsp3) is 0.231. The van der Waals surface area contributed by atoms with Gasteiger partial charge in [-0.3, -0.25) is 5.43 Å². The van der Waals surface area contributed by atoms with E-state index in [9.17, 15) is 0 Å². The van der Waals surface area contributed by atoms with Crippen LogP contribution >= 0.6 is 34.5 Å². The van der Waals surface area contributed by atoms with E-state index in [0.29, 0.717) is 15.8 Å². The molecule has 0 fully saturated rings. The third kappa shape index (κ3) is 3.42. The molecule has 1 N–H and O–H groups in total. The van der Waals surface area contributed by atoms with E-state index in [1.807, 2.05) is 13.8 Å². The maximum Gasteiger partial charge on any atom is 0.203 e. The Morgan fingerprint density at radius 3 is 2.45 bits per heavy atom. The molecule has 0 saturated heterocycles. The summed E-state index contributed by atoms with van der Waals surface area (Å²) in [6, 6.07) is 3.46. The van der Waals surface area contributed by atoms with E-state index in [1.165, 1.54) is 12.0 Å². The van der Waals surface area contributed by atoms with E-state index < -0.39 is 0 Å². The number of halogens is 2. The van der Waals surface area contributed by atoms with Gasteiger partial charge in [-0.1, -0.05) is 23.2 Å². The molecule has 2 rings (SSSR count). The summed E-state index contributed by atoms with van der Waals surface area (Å²) in [7, 11) is 1.52. The van der Waals surface area contributed by atoms with E-state index in [1.54, 1.807) is 29.7 Å². The lowest BCUT2D eigenvalue weighted by Crippen LogP contribution is -1.92. The topological polar surface area (TPSA) is 46.5 Å². The number of benzene rings is 1. The first-order valence-corrected chi connectivity index (χ1v) is 7.34. The van der Waals surface area contributed by atoms with Crippen LogP contribution in [-0.4, -0.2) is 18.3 Å². The number of nitrogens with zero attached hydrogens (tertiary/aromatic N) is 2. The van der Waals surface area contributed by atoms with Crippen molar-refractivity contribution in [3.8, 4) is 5.75 Å². The van der Waals surface area contributed by atoms with Crippen LogP contribution in [0.15, 0.2) is 17.2 Å². The fourth-order valence-electron chi connectivity index (χ4n) is 1.53. The number of aryl methyl sites for hydroxylation is 2. The number of hydrogen-bond acceptors (Lipinski definition) is 5. The summed E-state index contributed by atoms with van der Waals surface area (Å²) in [6.45, 7) is 3.98. The first kappa shape index (κ1) is 15.1. The molecule has 1 aromatic heterocycles. The highest BCUT2D eigenvalue weighted by atomic mass is 35.5. The Bertz CT molecular complexity index is 613. The summed E-state index contributed by atoms with van der Waals surface area (Å²) in [4.78, 5) is 5.49. The van der Waals surface area contributed by atoms with E-state index >= 15 is 0 Å². The van der Waals surface area contributed by atoms with Gasteiger partial charge >= 0.3 is 0 Å². The number of rotatable bonds is 4. The summed E-state index contributed by atoms with van der Waals surface area (Å²) >= 11 is 13.7. The van der Waals surface area contributed by atoms with Crippen LogP contribution in [0.5, 0.6) is 5.75 Å². The summed E-state index contributed by atoms with van der Waals surface area (Å²) in [5.41, 5.74) is 4.66. The SMILES string of the molecule is COc1c(Cl)cc(/C=N\Nc2nc(C)c(C)s2)cc1Cl. The molecular formula is C13H13Cl2N3OS. The van der Waals surface area contributed by atoms with Crippen LogP contribution in [-0.2, 0) is 0 Å². The fourth-order valence-corrected chi connectivity index (χ4v) is 2.95. The maximum absolute atomic E-state index is 6.05. The zero-order chi connectivity index (χ0) is 14.7. The van der Waals surface area contributed by atoms with Crippen LogP contribution < -0.4 is 10.2 Å². The van der Waals surface area contributed by atoms with Gasteiger partial charge in [-0.25, -0.2) is 4.98 Å². The molecule has 0 radical (unpaired) electrons. The second kappa shape index (κ2) is 6.43. The summed E-state index contributed by atoms with van der Waals surface area (Å²) in [6.07, 6.45) is 1.63. The van der Waals surface area contributed by atoms with Crippen molar-refractivity contribution in [2.45, 2.75) is 13.8 Å². The molecule has 0 aliphatic carbocycles. The van der Waals surface area contributed by atoms with Crippen LogP contribution in [0.25, 0.3) is 0 Å². The van der Waals surface area contributed by atoms with E-state index in [2.05, 4.69) is 15.5 Å². The molecule has 1 aromatic carbocycles. The lowest BCUT2D eigenvalue weighted by molar-refractivity contribution is 0.415.